The molecule has 0 aliphatic carbocycles. The normalized spacial score (nSPS) is 11.0. The minimum Gasteiger partial charge on any atom is -0.290 e. The summed E-state index contributed by atoms with van der Waals surface area (Å²) < 4.78 is 0. The third-order valence-electron chi connectivity index (χ3n) is 1.29. The molecule has 0 aliphatic heterocycles. The van der Waals surface area contributed by atoms with E-state index in [9.17, 15) is 0 Å². The fourth-order valence-corrected chi connectivity index (χ4v) is 1.21. The second-order valence-corrected chi connectivity index (χ2v) is 3.19. The first kappa shape index (κ1) is 8.40. The molecule has 0 saturated carbocycles. The van der Waals surface area contributed by atoms with Gasteiger partial charge in [0.05, 0.1) is 6.21 Å². The summed E-state index contributed by atoms with van der Waals surface area (Å²) in [7, 11) is 0. The van der Waals surface area contributed by atoms with E-state index in [1.807, 2.05) is 11.6 Å². The van der Waals surface area contributed by atoms with E-state index >= 15 is 0 Å². The first-order chi connectivity index (χ1) is 5.43. The SMILES string of the molecule is CCCCN=Cc1nccs1. The summed E-state index contributed by atoms with van der Waals surface area (Å²) in [5.41, 5.74) is 0. The van der Waals surface area contributed by atoms with Gasteiger partial charge in [0, 0.05) is 18.1 Å². The van der Waals surface area contributed by atoms with Crippen molar-refractivity contribution >= 4 is 17.6 Å². The molecule has 0 aromatic carbocycles. The van der Waals surface area contributed by atoms with E-state index < -0.39 is 0 Å². The summed E-state index contributed by atoms with van der Waals surface area (Å²) in [5.74, 6) is 0. The molecular formula is C8H12N2S. The molecule has 0 unspecified atom stereocenters. The first-order valence-electron chi connectivity index (χ1n) is 3.83. The topological polar surface area (TPSA) is 25.2 Å². The number of aromatic nitrogens is 1. The summed E-state index contributed by atoms with van der Waals surface area (Å²) in [6.07, 6.45) is 6.02. The molecule has 0 N–H and O–H groups in total. The Labute approximate surface area is 71.0 Å². The van der Waals surface area contributed by atoms with Crippen molar-refractivity contribution in [1.29, 1.82) is 0 Å². The van der Waals surface area contributed by atoms with Crippen LogP contribution in [0.2, 0.25) is 0 Å². The Morgan fingerprint density at radius 2 is 2.64 bits per heavy atom. The highest BCUT2D eigenvalue weighted by molar-refractivity contribution is 7.11. The predicted molar refractivity (Wildman–Crippen MR) is 49.5 cm³/mol. The van der Waals surface area contributed by atoms with Crippen LogP contribution < -0.4 is 0 Å². The van der Waals surface area contributed by atoms with E-state index in [1.54, 1.807) is 17.5 Å². The van der Waals surface area contributed by atoms with Crippen molar-refractivity contribution in [2.24, 2.45) is 4.99 Å². The maximum absolute atomic E-state index is 4.23. The zero-order valence-electron chi connectivity index (χ0n) is 6.66. The van der Waals surface area contributed by atoms with Gasteiger partial charge in [0.2, 0.25) is 0 Å². The molecule has 3 heteroatoms. The maximum Gasteiger partial charge on any atom is 0.133 e. The predicted octanol–water partition coefficient (Wildman–Crippen LogP) is 2.36. The van der Waals surface area contributed by atoms with E-state index in [2.05, 4.69) is 16.9 Å². The van der Waals surface area contributed by atoms with Crippen LogP contribution in [0, 0.1) is 0 Å². The molecular weight excluding hydrogens is 156 g/mol. The van der Waals surface area contributed by atoms with Gasteiger partial charge in [0.25, 0.3) is 0 Å². The van der Waals surface area contributed by atoms with Gasteiger partial charge in [-0.15, -0.1) is 11.3 Å². The summed E-state index contributed by atoms with van der Waals surface area (Å²) in [5, 5.41) is 2.96. The molecule has 1 aromatic rings. The first-order valence-corrected chi connectivity index (χ1v) is 4.70. The molecule has 60 valence electrons. The van der Waals surface area contributed by atoms with Gasteiger partial charge < -0.3 is 0 Å². The van der Waals surface area contributed by atoms with Crippen LogP contribution in [0.15, 0.2) is 16.6 Å². The Morgan fingerprint density at radius 3 is 3.27 bits per heavy atom. The summed E-state index contributed by atoms with van der Waals surface area (Å²) in [4.78, 5) is 8.31. The second-order valence-electron chi connectivity index (χ2n) is 2.26. The summed E-state index contributed by atoms with van der Waals surface area (Å²) >= 11 is 1.62. The van der Waals surface area contributed by atoms with Crippen LogP contribution in [0.3, 0.4) is 0 Å². The van der Waals surface area contributed by atoms with Crippen LogP contribution in [-0.4, -0.2) is 17.7 Å². The van der Waals surface area contributed by atoms with Crippen LogP contribution in [0.1, 0.15) is 24.8 Å². The van der Waals surface area contributed by atoms with Crippen molar-refractivity contribution in [3.05, 3.63) is 16.6 Å². The fourth-order valence-electron chi connectivity index (χ4n) is 0.690. The van der Waals surface area contributed by atoms with Crippen molar-refractivity contribution in [1.82, 2.24) is 4.98 Å². The smallest absolute Gasteiger partial charge is 0.133 e. The molecule has 0 fully saturated rings. The van der Waals surface area contributed by atoms with Gasteiger partial charge in [-0.05, 0) is 6.42 Å². The lowest BCUT2D eigenvalue weighted by Crippen LogP contribution is -1.82. The standard InChI is InChI=1S/C8H12N2S/c1-2-3-4-9-7-8-10-5-6-11-8/h5-7H,2-4H2,1H3. The number of nitrogens with zero attached hydrogens (tertiary/aromatic N) is 2. The van der Waals surface area contributed by atoms with Gasteiger partial charge in [-0.3, -0.25) is 4.99 Å². The van der Waals surface area contributed by atoms with Gasteiger partial charge in [-0.25, -0.2) is 4.98 Å². The Kier molecular flexibility index (Phi) is 3.83. The molecule has 1 heterocycles. The van der Waals surface area contributed by atoms with E-state index in [-0.39, 0.29) is 0 Å². The average Bonchev–Trinajstić information content (AvgIpc) is 2.50. The Bertz CT molecular complexity index is 204. The molecule has 0 saturated heterocycles. The molecule has 0 bridgehead atoms. The van der Waals surface area contributed by atoms with Gasteiger partial charge in [-0.2, -0.15) is 0 Å². The summed E-state index contributed by atoms with van der Waals surface area (Å²) in [6, 6.07) is 0. The molecule has 0 radical (unpaired) electrons. The van der Waals surface area contributed by atoms with E-state index in [1.165, 1.54) is 12.8 Å². The van der Waals surface area contributed by atoms with Crippen LogP contribution in [0.5, 0.6) is 0 Å². The van der Waals surface area contributed by atoms with Crippen molar-refractivity contribution in [2.75, 3.05) is 6.54 Å². The molecule has 1 rings (SSSR count). The van der Waals surface area contributed by atoms with Gasteiger partial charge >= 0.3 is 0 Å². The third-order valence-corrected chi connectivity index (χ3v) is 2.00. The zero-order chi connectivity index (χ0) is 7.94. The van der Waals surface area contributed by atoms with Crippen molar-refractivity contribution in [3.8, 4) is 0 Å². The Balaban J connectivity index is 2.25. The molecule has 0 aliphatic rings. The molecule has 0 atom stereocenters. The van der Waals surface area contributed by atoms with Crippen LogP contribution in [-0.2, 0) is 0 Å². The van der Waals surface area contributed by atoms with Crippen molar-refractivity contribution < 1.29 is 0 Å². The number of hydrogen-bond acceptors (Lipinski definition) is 3. The highest BCUT2D eigenvalue weighted by Gasteiger charge is 1.86. The zero-order valence-corrected chi connectivity index (χ0v) is 7.47. The Morgan fingerprint density at radius 1 is 1.73 bits per heavy atom. The van der Waals surface area contributed by atoms with Crippen molar-refractivity contribution in [2.45, 2.75) is 19.8 Å². The minimum absolute atomic E-state index is 0.927. The molecule has 0 amide bonds. The quantitative estimate of drug-likeness (QED) is 0.500. The second kappa shape index (κ2) is 5.02. The number of aliphatic imine (C=N–C) groups is 1. The number of rotatable bonds is 4. The highest BCUT2D eigenvalue weighted by Crippen LogP contribution is 1.99. The summed E-state index contributed by atoms with van der Waals surface area (Å²) in [6.45, 7) is 3.09. The molecule has 11 heavy (non-hydrogen) atoms. The van der Waals surface area contributed by atoms with Crippen LogP contribution >= 0.6 is 11.3 Å². The molecule has 0 spiro atoms. The molecule has 1 aromatic heterocycles. The average molecular weight is 168 g/mol. The fraction of sp³-hybridized carbons (Fsp3) is 0.500. The lowest BCUT2D eigenvalue weighted by Gasteiger charge is -1.86. The number of unbranched alkanes of at least 4 members (excludes halogenated alkanes) is 1. The molecule has 2 nitrogen and oxygen atoms in total. The van der Waals surface area contributed by atoms with Crippen molar-refractivity contribution in [3.63, 3.8) is 0 Å². The third kappa shape index (κ3) is 3.28. The minimum atomic E-state index is 0.927. The maximum atomic E-state index is 4.23. The van der Waals surface area contributed by atoms with Crippen LogP contribution in [0.4, 0.5) is 0 Å². The highest BCUT2D eigenvalue weighted by atomic mass is 32.1. The monoisotopic (exact) mass is 168 g/mol. The van der Waals surface area contributed by atoms with E-state index in [4.69, 9.17) is 0 Å². The van der Waals surface area contributed by atoms with Crippen LogP contribution in [0.25, 0.3) is 0 Å². The van der Waals surface area contributed by atoms with Gasteiger partial charge in [0.15, 0.2) is 0 Å². The number of hydrogen-bond donors (Lipinski definition) is 0. The lowest BCUT2D eigenvalue weighted by molar-refractivity contribution is 0.810. The number of thiazole rings is 1. The largest absolute Gasteiger partial charge is 0.290 e. The Hall–Kier alpha value is -0.700. The van der Waals surface area contributed by atoms with Gasteiger partial charge in [-0.1, -0.05) is 13.3 Å². The van der Waals surface area contributed by atoms with E-state index in [0.29, 0.717) is 0 Å². The lowest BCUT2D eigenvalue weighted by atomic mass is 10.3. The van der Waals surface area contributed by atoms with Gasteiger partial charge in [0.1, 0.15) is 5.01 Å². The van der Waals surface area contributed by atoms with E-state index in [0.717, 1.165) is 11.6 Å².